The van der Waals surface area contributed by atoms with Crippen LogP contribution in [-0.2, 0) is 6.42 Å². The van der Waals surface area contributed by atoms with E-state index in [1.807, 2.05) is 23.6 Å². The Balaban J connectivity index is 1.43. The zero-order valence-electron chi connectivity index (χ0n) is 15.4. The SMILES string of the molecule is O=C(NCCc1cc(Cl)c2c(c1)OCCO2)c1ccccc1C(=O)c1cccs1. The van der Waals surface area contributed by atoms with Gasteiger partial charge in [-0.3, -0.25) is 9.59 Å². The zero-order chi connectivity index (χ0) is 20.2. The Kier molecular flexibility index (Phi) is 5.83. The molecule has 1 aliphatic heterocycles. The van der Waals surface area contributed by atoms with Gasteiger partial charge in [-0.2, -0.15) is 0 Å². The van der Waals surface area contributed by atoms with Gasteiger partial charge in [-0.05, 0) is 41.6 Å². The molecule has 0 fully saturated rings. The number of hydrogen-bond donors (Lipinski definition) is 1. The number of rotatable bonds is 6. The van der Waals surface area contributed by atoms with E-state index in [0.717, 1.165) is 5.56 Å². The molecule has 0 atom stereocenters. The van der Waals surface area contributed by atoms with Gasteiger partial charge in [0.25, 0.3) is 5.91 Å². The molecule has 2 aromatic carbocycles. The van der Waals surface area contributed by atoms with Gasteiger partial charge < -0.3 is 14.8 Å². The first-order valence-electron chi connectivity index (χ1n) is 9.17. The summed E-state index contributed by atoms with van der Waals surface area (Å²) in [4.78, 5) is 26.0. The molecule has 0 saturated carbocycles. The average Bonchev–Trinajstić information content (AvgIpc) is 3.28. The summed E-state index contributed by atoms with van der Waals surface area (Å²) in [7, 11) is 0. The van der Waals surface area contributed by atoms with Crippen LogP contribution in [-0.4, -0.2) is 31.4 Å². The molecule has 2 heterocycles. The summed E-state index contributed by atoms with van der Waals surface area (Å²) in [6.45, 7) is 1.36. The van der Waals surface area contributed by atoms with Gasteiger partial charge in [0.1, 0.15) is 13.2 Å². The van der Waals surface area contributed by atoms with E-state index in [9.17, 15) is 9.59 Å². The van der Waals surface area contributed by atoms with Crippen LogP contribution < -0.4 is 14.8 Å². The van der Waals surface area contributed by atoms with Gasteiger partial charge in [0.15, 0.2) is 11.5 Å². The Hall–Kier alpha value is -2.83. The van der Waals surface area contributed by atoms with Gasteiger partial charge in [-0.1, -0.05) is 35.9 Å². The lowest BCUT2D eigenvalue weighted by atomic mass is 10.0. The molecule has 1 aliphatic rings. The first-order valence-corrected chi connectivity index (χ1v) is 10.4. The van der Waals surface area contributed by atoms with Crippen molar-refractivity contribution in [3.05, 3.63) is 80.5 Å². The molecule has 0 bridgehead atoms. The van der Waals surface area contributed by atoms with Crippen molar-refractivity contribution in [2.45, 2.75) is 6.42 Å². The first kappa shape index (κ1) is 19.5. The second-order valence-corrected chi connectivity index (χ2v) is 7.81. The van der Waals surface area contributed by atoms with Gasteiger partial charge >= 0.3 is 0 Å². The van der Waals surface area contributed by atoms with Crippen LogP contribution in [0, 0.1) is 0 Å². The number of benzene rings is 2. The number of nitrogens with one attached hydrogen (secondary N) is 1. The van der Waals surface area contributed by atoms with Crippen LogP contribution in [0.1, 0.15) is 31.2 Å². The van der Waals surface area contributed by atoms with E-state index in [1.165, 1.54) is 11.3 Å². The fraction of sp³-hybridized carbons (Fsp3) is 0.182. The molecule has 4 rings (SSSR count). The number of hydrogen-bond acceptors (Lipinski definition) is 5. The van der Waals surface area contributed by atoms with Gasteiger partial charge in [0.05, 0.1) is 15.5 Å². The molecule has 3 aromatic rings. The highest BCUT2D eigenvalue weighted by molar-refractivity contribution is 7.12. The van der Waals surface area contributed by atoms with Gasteiger partial charge in [0.2, 0.25) is 5.78 Å². The maximum Gasteiger partial charge on any atom is 0.252 e. The third kappa shape index (κ3) is 4.28. The van der Waals surface area contributed by atoms with Crippen LogP contribution >= 0.6 is 22.9 Å². The zero-order valence-corrected chi connectivity index (χ0v) is 17.0. The Morgan fingerprint density at radius 1 is 1.03 bits per heavy atom. The second-order valence-electron chi connectivity index (χ2n) is 6.46. The molecule has 1 aromatic heterocycles. The largest absolute Gasteiger partial charge is 0.486 e. The third-order valence-electron chi connectivity index (χ3n) is 4.52. The minimum atomic E-state index is -0.283. The fourth-order valence-electron chi connectivity index (χ4n) is 3.14. The molecular formula is C22H18ClNO4S. The molecule has 29 heavy (non-hydrogen) atoms. The topological polar surface area (TPSA) is 64.6 Å². The van der Waals surface area contributed by atoms with Crippen molar-refractivity contribution >= 4 is 34.6 Å². The highest BCUT2D eigenvalue weighted by Gasteiger charge is 2.19. The number of fused-ring (bicyclic) bond motifs is 1. The van der Waals surface area contributed by atoms with Crippen LogP contribution in [0.25, 0.3) is 0 Å². The van der Waals surface area contributed by atoms with Crippen molar-refractivity contribution in [3.63, 3.8) is 0 Å². The van der Waals surface area contributed by atoms with E-state index in [4.69, 9.17) is 21.1 Å². The molecule has 7 heteroatoms. The van der Waals surface area contributed by atoms with Crippen LogP contribution in [0.15, 0.2) is 53.9 Å². The molecule has 5 nitrogen and oxygen atoms in total. The number of halogens is 1. The summed E-state index contributed by atoms with van der Waals surface area (Å²) < 4.78 is 11.1. The lowest BCUT2D eigenvalue weighted by Gasteiger charge is -2.20. The van der Waals surface area contributed by atoms with Crippen molar-refractivity contribution in [3.8, 4) is 11.5 Å². The van der Waals surface area contributed by atoms with Crippen molar-refractivity contribution in [2.75, 3.05) is 19.8 Å². The second kappa shape index (κ2) is 8.68. The summed E-state index contributed by atoms with van der Waals surface area (Å²) in [5, 5.41) is 5.22. The van der Waals surface area contributed by atoms with Crippen LogP contribution in [0.5, 0.6) is 11.5 Å². The molecule has 148 valence electrons. The van der Waals surface area contributed by atoms with Crippen LogP contribution in [0.3, 0.4) is 0 Å². The molecule has 0 aliphatic carbocycles. The van der Waals surface area contributed by atoms with Crippen molar-refractivity contribution in [1.29, 1.82) is 0 Å². The average molecular weight is 428 g/mol. The number of carbonyl (C=O) groups is 2. The monoisotopic (exact) mass is 427 g/mol. The van der Waals surface area contributed by atoms with E-state index >= 15 is 0 Å². The quantitative estimate of drug-likeness (QED) is 0.593. The normalized spacial score (nSPS) is 12.4. The lowest BCUT2D eigenvalue weighted by Crippen LogP contribution is -2.27. The van der Waals surface area contributed by atoms with Crippen molar-refractivity contribution in [1.82, 2.24) is 5.32 Å². The number of carbonyl (C=O) groups excluding carboxylic acids is 2. The van der Waals surface area contributed by atoms with Gasteiger partial charge in [-0.15, -0.1) is 11.3 Å². The maximum absolute atomic E-state index is 12.7. The Morgan fingerprint density at radius 2 is 1.83 bits per heavy atom. The number of ether oxygens (including phenoxy) is 2. The Labute approximate surface area is 177 Å². The van der Waals surface area contributed by atoms with E-state index in [1.54, 1.807) is 30.3 Å². The number of thiophene rings is 1. The van der Waals surface area contributed by atoms with Crippen LogP contribution in [0.2, 0.25) is 5.02 Å². The summed E-state index contributed by atoms with van der Waals surface area (Å²) in [6, 6.07) is 14.1. The molecular weight excluding hydrogens is 410 g/mol. The predicted octanol–water partition coefficient (Wildman–Crippen LogP) is 4.38. The Morgan fingerprint density at radius 3 is 2.62 bits per heavy atom. The molecule has 0 spiro atoms. The van der Waals surface area contributed by atoms with Crippen LogP contribution in [0.4, 0.5) is 0 Å². The molecule has 0 unspecified atom stereocenters. The molecule has 0 radical (unpaired) electrons. The molecule has 1 N–H and O–H groups in total. The van der Waals surface area contributed by atoms with Gasteiger partial charge in [0, 0.05) is 12.1 Å². The summed E-state index contributed by atoms with van der Waals surface area (Å²) in [5.41, 5.74) is 1.70. The lowest BCUT2D eigenvalue weighted by molar-refractivity contribution is 0.0943. The standard InChI is InChI=1S/C22H18ClNO4S/c23-17-12-14(13-18-21(17)28-10-9-27-18)7-8-24-22(26)16-5-2-1-4-15(16)20(25)19-6-3-11-29-19/h1-6,11-13H,7-10H2,(H,24,26). The number of amides is 1. The minimum Gasteiger partial charge on any atom is -0.486 e. The summed E-state index contributed by atoms with van der Waals surface area (Å²) in [6.07, 6.45) is 0.573. The highest BCUT2D eigenvalue weighted by Crippen LogP contribution is 2.38. The van der Waals surface area contributed by atoms with Crippen molar-refractivity contribution in [2.24, 2.45) is 0 Å². The Bertz CT molecular complexity index is 1050. The summed E-state index contributed by atoms with van der Waals surface area (Å²) in [5.74, 6) is 0.752. The van der Waals surface area contributed by atoms with Gasteiger partial charge in [-0.25, -0.2) is 0 Å². The van der Waals surface area contributed by atoms with E-state index in [0.29, 0.717) is 58.7 Å². The van der Waals surface area contributed by atoms with E-state index < -0.39 is 0 Å². The molecule has 1 amide bonds. The highest BCUT2D eigenvalue weighted by atomic mass is 35.5. The van der Waals surface area contributed by atoms with E-state index in [-0.39, 0.29) is 11.7 Å². The van der Waals surface area contributed by atoms with Crippen molar-refractivity contribution < 1.29 is 19.1 Å². The maximum atomic E-state index is 12.7. The fourth-order valence-corrected chi connectivity index (χ4v) is 4.11. The minimum absolute atomic E-state index is 0.149. The smallest absolute Gasteiger partial charge is 0.252 e. The number of ketones is 1. The summed E-state index contributed by atoms with van der Waals surface area (Å²) >= 11 is 7.62. The third-order valence-corrected chi connectivity index (χ3v) is 5.67. The predicted molar refractivity (Wildman–Crippen MR) is 113 cm³/mol. The molecule has 0 saturated heterocycles. The van der Waals surface area contributed by atoms with E-state index in [2.05, 4.69) is 5.32 Å². The first-order chi connectivity index (χ1) is 14.1.